The lowest BCUT2D eigenvalue weighted by Crippen LogP contribution is -2.29. The second kappa shape index (κ2) is 7.96. The second-order valence-corrected chi connectivity index (χ2v) is 10.6. The zero-order valence-electron chi connectivity index (χ0n) is 17.2. The molecule has 8 nitrogen and oxygen atoms in total. The maximum atomic E-state index is 13.2. The van der Waals surface area contributed by atoms with Crippen LogP contribution in [0.3, 0.4) is 0 Å². The van der Waals surface area contributed by atoms with E-state index in [0.717, 1.165) is 0 Å². The van der Waals surface area contributed by atoms with E-state index in [1.807, 2.05) is 0 Å². The summed E-state index contributed by atoms with van der Waals surface area (Å²) in [5.41, 5.74) is 1.94. The Morgan fingerprint density at radius 3 is 2.42 bits per heavy atom. The number of fused-ring (bicyclic) bond motifs is 1. The van der Waals surface area contributed by atoms with E-state index in [2.05, 4.69) is 10.4 Å². The van der Waals surface area contributed by atoms with Crippen molar-refractivity contribution in [1.82, 2.24) is 9.78 Å². The van der Waals surface area contributed by atoms with E-state index in [-0.39, 0.29) is 36.2 Å². The van der Waals surface area contributed by atoms with Gasteiger partial charge in [0.05, 0.1) is 28.8 Å². The van der Waals surface area contributed by atoms with Crippen molar-refractivity contribution >= 4 is 44.8 Å². The number of sulfone groups is 1. The van der Waals surface area contributed by atoms with Gasteiger partial charge >= 0.3 is 0 Å². The van der Waals surface area contributed by atoms with Crippen LogP contribution >= 0.6 is 11.6 Å². The van der Waals surface area contributed by atoms with E-state index in [4.69, 9.17) is 11.6 Å². The van der Waals surface area contributed by atoms with Crippen LogP contribution in [0.25, 0.3) is 5.69 Å². The largest absolute Gasteiger partial charge is 0.312 e. The van der Waals surface area contributed by atoms with Crippen LogP contribution in [-0.2, 0) is 30.9 Å². The number of hydrogen-bond acceptors (Lipinski definition) is 5. The number of benzene rings is 2. The normalized spacial score (nSPS) is 19.0. The van der Waals surface area contributed by atoms with Crippen molar-refractivity contribution in [3.05, 3.63) is 70.6 Å². The molecule has 1 saturated heterocycles. The van der Waals surface area contributed by atoms with Crippen molar-refractivity contribution in [3.8, 4) is 5.69 Å². The average molecular weight is 489 g/mol. The molecule has 33 heavy (non-hydrogen) atoms. The number of carbonyl (C=O) groups excluding carboxylic acids is 2. The molecule has 11 heteroatoms. The number of hydrogen-bond donors (Lipinski definition) is 1. The lowest BCUT2D eigenvalue weighted by molar-refractivity contribution is -0.122. The van der Waals surface area contributed by atoms with Gasteiger partial charge in [-0.3, -0.25) is 9.59 Å². The number of nitrogens with zero attached hydrogens (tertiary/aromatic N) is 3. The topological polar surface area (TPSA) is 101 Å². The Hall–Kier alpha value is -3.24. The zero-order chi connectivity index (χ0) is 23.3. The molecule has 0 aliphatic carbocycles. The van der Waals surface area contributed by atoms with Crippen LogP contribution in [0.1, 0.15) is 17.7 Å². The van der Waals surface area contributed by atoms with Crippen molar-refractivity contribution in [3.63, 3.8) is 0 Å². The summed E-state index contributed by atoms with van der Waals surface area (Å²) in [4.78, 5) is 27.1. The molecule has 0 radical (unpaired) electrons. The van der Waals surface area contributed by atoms with Gasteiger partial charge in [-0.05, 0) is 48.5 Å². The highest BCUT2D eigenvalue weighted by Gasteiger charge is 2.38. The third-order valence-corrected chi connectivity index (χ3v) is 7.43. The number of rotatable bonds is 4. The summed E-state index contributed by atoms with van der Waals surface area (Å²) >= 11 is 5.97. The Bertz CT molecular complexity index is 1370. The minimum Gasteiger partial charge on any atom is -0.312 e. The molecule has 1 unspecified atom stereocenters. The summed E-state index contributed by atoms with van der Waals surface area (Å²) < 4.78 is 39.0. The van der Waals surface area contributed by atoms with Crippen LogP contribution in [0.5, 0.6) is 0 Å². The Kier molecular flexibility index (Phi) is 5.21. The van der Waals surface area contributed by atoms with Gasteiger partial charge in [0.25, 0.3) is 0 Å². The maximum absolute atomic E-state index is 13.2. The minimum absolute atomic E-state index is 0.0151. The SMILES string of the molecule is O=C(Nc1c2c(nn1-c1ccc(Cl)cc1)CS(=O)(=O)C2)C1CC(=O)N(c2ccc(F)cc2)C1. The second-order valence-electron chi connectivity index (χ2n) is 8.07. The minimum atomic E-state index is -3.34. The van der Waals surface area contributed by atoms with Gasteiger partial charge in [0.15, 0.2) is 9.84 Å². The summed E-state index contributed by atoms with van der Waals surface area (Å²) in [7, 11) is -3.34. The molecule has 170 valence electrons. The van der Waals surface area contributed by atoms with Gasteiger partial charge in [0, 0.05) is 29.2 Å². The summed E-state index contributed by atoms with van der Waals surface area (Å²) in [5.74, 6) is -1.91. The third kappa shape index (κ3) is 4.11. The van der Waals surface area contributed by atoms with Crippen molar-refractivity contribution in [2.75, 3.05) is 16.8 Å². The highest BCUT2D eigenvalue weighted by Crippen LogP contribution is 2.34. The number of aromatic nitrogens is 2. The summed E-state index contributed by atoms with van der Waals surface area (Å²) in [6.07, 6.45) is -0.0151. The van der Waals surface area contributed by atoms with Crippen LogP contribution in [-0.4, -0.2) is 36.6 Å². The molecule has 0 saturated carbocycles. The molecule has 2 aromatic carbocycles. The number of nitrogens with one attached hydrogen (secondary N) is 1. The Morgan fingerprint density at radius 1 is 1.06 bits per heavy atom. The van der Waals surface area contributed by atoms with Gasteiger partial charge in [0.2, 0.25) is 11.8 Å². The molecular formula is C22H18ClFN4O4S. The lowest BCUT2D eigenvalue weighted by atomic mass is 10.1. The first-order valence-corrected chi connectivity index (χ1v) is 12.3. The molecule has 3 aromatic rings. The Balaban J connectivity index is 1.43. The molecule has 0 bridgehead atoms. The van der Waals surface area contributed by atoms with Gasteiger partial charge in [0.1, 0.15) is 11.6 Å². The predicted molar refractivity (Wildman–Crippen MR) is 120 cm³/mol. The smallest absolute Gasteiger partial charge is 0.230 e. The van der Waals surface area contributed by atoms with Gasteiger partial charge in [-0.2, -0.15) is 5.10 Å². The van der Waals surface area contributed by atoms with Gasteiger partial charge in [-0.1, -0.05) is 11.6 Å². The van der Waals surface area contributed by atoms with Crippen LogP contribution < -0.4 is 10.2 Å². The molecule has 1 aromatic heterocycles. The number of amides is 2. The molecule has 1 N–H and O–H groups in total. The van der Waals surface area contributed by atoms with Crippen LogP contribution in [0.2, 0.25) is 5.02 Å². The van der Waals surface area contributed by atoms with Gasteiger partial charge in [-0.25, -0.2) is 17.5 Å². The Labute approximate surface area is 193 Å². The first-order valence-electron chi connectivity index (χ1n) is 10.1. The number of halogens is 2. The van der Waals surface area contributed by atoms with E-state index in [1.165, 1.54) is 33.8 Å². The molecule has 0 spiro atoms. The molecule has 1 fully saturated rings. The Morgan fingerprint density at radius 2 is 1.73 bits per heavy atom. The highest BCUT2D eigenvalue weighted by atomic mass is 35.5. The quantitative estimate of drug-likeness (QED) is 0.608. The fourth-order valence-corrected chi connectivity index (χ4v) is 5.73. The fraction of sp³-hybridized carbons (Fsp3) is 0.227. The highest BCUT2D eigenvalue weighted by molar-refractivity contribution is 7.90. The molecule has 2 aliphatic rings. The zero-order valence-corrected chi connectivity index (χ0v) is 18.7. The monoisotopic (exact) mass is 488 g/mol. The summed E-state index contributed by atoms with van der Waals surface area (Å²) in [5, 5.41) is 7.75. The standard InChI is InChI=1S/C22H18ClFN4O4S/c23-14-1-5-17(6-2-14)28-21(18-11-33(31,32)12-19(18)26-28)25-22(30)13-9-20(29)27(10-13)16-7-3-15(24)4-8-16/h1-8,13H,9-12H2,(H,25,30). The van der Waals surface area contributed by atoms with E-state index >= 15 is 0 Å². The van der Waals surface area contributed by atoms with Gasteiger partial charge in [-0.15, -0.1) is 0 Å². The molecule has 3 heterocycles. The van der Waals surface area contributed by atoms with Crippen molar-refractivity contribution in [1.29, 1.82) is 0 Å². The first-order chi connectivity index (χ1) is 15.7. The van der Waals surface area contributed by atoms with E-state index in [1.54, 1.807) is 24.3 Å². The van der Waals surface area contributed by atoms with Crippen molar-refractivity contribution in [2.24, 2.45) is 5.92 Å². The first kappa shape index (κ1) is 21.6. The summed E-state index contributed by atoms with van der Waals surface area (Å²) in [6.45, 7) is 0.131. The number of carbonyl (C=O) groups is 2. The van der Waals surface area contributed by atoms with E-state index in [0.29, 0.717) is 27.7 Å². The summed E-state index contributed by atoms with van der Waals surface area (Å²) in [6, 6.07) is 12.2. The van der Waals surface area contributed by atoms with E-state index in [9.17, 15) is 22.4 Å². The van der Waals surface area contributed by atoms with Crippen molar-refractivity contribution in [2.45, 2.75) is 17.9 Å². The molecule has 5 rings (SSSR count). The predicted octanol–water partition coefficient (Wildman–Crippen LogP) is 3.08. The molecule has 2 amide bonds. The van der Waals surface area contributed by atoms with Crippen LogP contribution in [0.15, 0.2) is 48.5 Å². The van der Waals surface area contributed by atoms with Gasteiger partial charge < -0.3 is 10.2 Å². The average Bonchev–Trinajstić information content (AvgIpc) is 3.40. The lowest BCUT2D eigenvalue weighted by Gasteiger charge is -2.17. The van der Waals surface area contributed by atoms with Crippen LogP contribution in [0.4, 0.5) is 15.9 Å². The fourth-order valence-electron chi connectivity index (χ4n) is 4.11. The van der Waals surface area contributed by atoms with Crippen LogP contribution in [0, 0.1) is 11.7 Å². The maximum Gasteiger partial charge on any atom is 0.230 e. The van der Waals surface area contributed by atoms with Crippen molar-refractivity contribution < 1.29 is 22.4 Å². The third-order valence-electron chi connectivity index (χ3n) is 5.73. The molecular weight excluding hydrogens is 471 g/mol. The molecule has 1 atom stereocenters. The molecule has 2 aliphatic heterocycles. The van der Waals surface area contributed by atoms with E-state index < -0.39 is 27.5 Å². The number of anilines is 2.